The minimum Gasteiger partial charge on any atom is -0.508 e. The number of anilines is 2. The Balaban J connectivity index is 0.716. The van der Waals surface area contributed by atoms with E-state index >= 15 is 0 Å². The van der Waals surface area contributed by atoms with E-state index in [2.05, 4.69) is 80.7 Å². The summed E-state index contributed by atoms with van der Waals surface area (Å²) in [6.07, 6.45) is 7.79. The fourth-order valence-corrected chi connectivity index (χ4v) is 11.6. The van der Waals surface area contributed by atoms with Gasteiger partial charge in [0.05, 0.1) is 11.7 Å². The summed E-state index contributed by atoms with van der Waals surface area (Å²) in [5.41, 5.74) is 8.68. The molecule has 10 rings (SSSR count). The lowest BCUT2D eigenvalue weighted by atomic mass is 9.57. The minimum absolute atomic E-state index is 0.230. The number of carbonyl (C=O) groups is 3. The Morgan fingerprint density at radius 3 is 2.46 bits per heavy atom. The molecule has 2 N–H and O–H groups in total. The maximum absolute atomic E-state index is 13.3. The predicted molar refractivity (Wildman–Crippen MR) is 228 cm³/mol. The quantitative estimate of drug-likeness (QED) is 0.199. The second-order valence-electron chi connectivity index (χ2n) is 18.3. The van der Waals surface area contributed by atoms with Gasteiger partial charge >= 0.3 is 0 Å². The van der Waals surface area contributed by atoms with Crippen LogP contribution in [0.1, 0.15) is 89.4 Å². The van der Waals surface area contributed by atoms with Gasteiger partial charge in [0.25, 0.3) is 5.91 Å². The van der Waals surface area contributed by atoms with Crippen LogP contribution in [0.3, 0.4) is 0 Å². The molecule has 1 saturated carbocycles. The summed E-state index contributed by atoms with van der Waals surface area (Å²) < 4.78 is 6.28. The summed E-state index contributed by atoms with van der Waals surface area (Å²) in [4.78, 5) is 46.4. The van der Waals surface area contributed by atoms with Crippen LogP contribution < -0.4 is 19.9 Å². The van der Waals surface area contributed by atoms with E-state index in [1.54, 1.807) is 7.05 Å². The molecule has 4 aliphatic heterocycles. The number of aryl methyl sites for hydroxylation is 1. The molecule has 6 aliphatic rings. The molecule has 10 nitrogen and oxygen atoms in total. The number of hydrogen-bond acceptors (Lipinski definition) is 8. The summed E-state index contributed by atoms with van der Waals surface area (Å²) in [7, 11) is 1.62. The number of piperidine rings is 2. The number of fused-ring (bicyclic) bond motifs is 4. The first-order valence-electron chi connectivity index (χ1n) is 21.8. The van der Waals surface area contributed by atoms with Crippen molar-refractivity contribution in [1.29, 1.82) is 0 Å². The highest BCUT2D eigenvalue weighted by molar-refractivity contribution is 6.04. The number of piperazine rings is 1. The Hall–Kier alpha value is -5.35. The monoisotopic (exact) mass is 793 g/mol. The number of phenolic OH excluding ortho intramolecular Hbond substituents is 1. The van der Waals surface area contributed by atoms with E-state index in [0.29, 0.717) is 41.4 Å². The first-order chi connectivity index (χ1) is 28.7. The smallest absolute Gasteiger partial charge is 0.254 e. The number of carbonyl (C=O) groups excluding carboxylic acids is 3. The van der Waals surface area contributed by atoms with E-state index in [9.17, 15) is 19.5 Å². The first-order valence-corrected chi connectivity index (χ1v) is 21.8. The van der Waals surface area contributed by atoms with Crippen molar-refractivity contribution in [2.75, 3.05) is 62.7 Å². The van der Waals surface area contributed by atoms with Crippen LogP contribution >= 0.6 is 0 Å². The lowest BCUT2D eigenvalue weighted by Crippen LogP contribution is -2.59. The Bertz CT molecular complexity index is 2230. The maximum atomic E-state index is 13.3. The molecule has 59 heavy (non-hydrogen) atoms. The number of amides is 3. The van der Waals surface area contributed by atoms with Crippen LogP contribution in [0.5, 0.6) is 11.5 Å². The zero-order valence-corrected chi connectivity index (χ0v) is 34.0. The third-order valence-electron chi connectivity index (χ3n) is 14.7. The van der Waals surface area contributed by atoms with Gasteiger partial charge in [0, 0.05) is 69.9 Å². The molecule has 1 spiro atoms. The van der Waals surface area contributed by atoms with Gasteiger partial charge in [-0.2, -0.15) is 0 Å². The Kier molecular flexibility index (Phi) is 9.86. The summed E-state index contributed by atoms with van der Waals surface area (Å²) in [5, 5.41) is 12.6. The number of ether oxygens (including phenoxy) is 1. The second kappa shape index (κ2) is 15.4. The topological polar surface area (TPSA) is 106 Å². The molecular formula is C49H55N5O5. The van der Waals surface area contributed by atoms with Gasteiger partial charge in [-0.25, -0.2) is 0 Å². The largest absolute Gasteiger partial charge is 0.508 e. The van der Waals surface area contributed by atoms with Crippen molar-refractivity contribution in [3.63, 3.8) is 0 Å². The van der Waals surface area contributed by atoms with Crippen molar-refractivity contribution in [3.05, 3.63) is 119 Å². The minimum atomic E-state index is -0.657. The van der Waals surface area contributed by atoms with Crippen LogP contribution in [0.25, 0.3) is 0 Å². The zero-order chi connectivity index (χ0) is 40.3. The van der Waals surface area contributed by atoms with Gasteiger partial charge < -0.3 is 24.5 Å². The number of aromatic hydroxyl groups is 1. The average molecular weight is 794 g/mol. The van der Waals surface area contributed by atoms with Crippen molar-refractivity contribution >= 4 is 29.1 Å². The number of nitrogens with one attached hydrogen (secondary N) is 1. The molecule has 4 fully saturated rings. The van der Waals surface area contributed by atoms with E-state index in [1.807, 2.05) is 30.3 Å². The molecule has 0 bridgehead atoms. The van der Waals surface area contributed by atoms with E-state index < -0.39 is 11.9 Å². The lowest BCUT2D eigenvalue weighted by molar-refractivity contribution is -0.136. The Morgan fingerprint density at radius 2 is 1.68 bits per heavy atom. The highest BCUT2D eigenvalue weighted by Gasteiger charge is 2.47. The number of imide groups is 1. The van der Waals surface area contributed by atoms with Gasteiger partial charge in [-0.1, -0.05) is 48.5 Å². The molecule has 306 valence electrons. The van der Waals surface area contributed by atoms with Crippen LogP contribution in [-0.4, -0.2) is 97.6 Å². The second-order valence-corrected chi connectivity index (χ2v) is 18.3. The molecule has 10 heteroatoms. The third-order valence-corrected chi connectivity index (χ3v) is 14.7. The fourth-order valence-electron chi connectivity index (χ4n) is 11.6. The predicted octanol–water partition coefficient (Wildman–Crippen LogP) is 6.71. The van der Waals surface area contributed by atoms with Crippen LogP contribution in [0.4, 0.5) is 11.4 Å². The van der Waals surface area contributed by atoms with Crippen molar-refractivity contribution in [2.24, 2.45) is 11.3 Å². The molecule has 4 aromatic carbocycles. The zero-order valence-electron chi connectivity index (χ0n) is 34.0. The van der Waals surface area contributed by atoms with Gasteiger partial charge in [-0.05, 0) is 127 Å². The number of rotatable bonds is 7. The first kappa shape index (κ1) is 37.9. The molecule has 4 atom stereocenters. The molecule has 1 unspecified atom stereocenters. The van der Waals surface area contributed by atoms with Crippen LogP contribution in [0.15, 0.2) is 91.0 Å². The van der Waals surface area contributed by atoms with Gasteiger partial charge in [0.2, 0.25) is 11.8 Å². The van der Waals surface area contributed by atoms with E-state index in [-0.39, 0.29) is 30.2 Å². The molecular weight excluding hydrogens is 739 g/mol. The van der Waals surface area contributed by atoms with Crippen molar-refractivity contribution < 1.29 is 24.2 Å². The Morgan fingerprint density at radius 1 is 0.881 bits per heavy atom. The van der Waals surface area contributed by atoms with E-state index in [1.165, 1.54) is 58.5 Å². The highest BCUT2D eigenvalue weighted by atomic mass is 16.5. The molecule has 2 aliphatic carbocycles. The number of hydrogen-bond donors (Lipinski definition) is 2. The standard InChI is InChI=1S/C49H55N5O5/c1-51(43-17-18-45(56)50-47(43)57)48(58)36-10-16-42-44(26-36)59-31-38-30-52(23-24-54(38)42)29-32-27-49(28-32)19-21-53(22-20-49)37-11-7-34(8-12-37)46-40(33-5-3-2-4-6-33)14-9-35-25-39(55)13-15-41(35)46/h2-8,10-13,15-16,25-26,32,38,40,43,46,55H,9,14,17-24,27-31H2,1H3,(H,50,56,57)/t38-,40+,43?,46-/m0/s1. The third kappa shape index (κ3) is 7.23. The average Bonchev–Trinajstić information content (AvgIpc) is 3.25. The fraction of sp³-hybridized carbons (Fsp3) is 0.449. The molecule has 3 saturated heterocycles. The SMILES string of the molecule is CN(C(=O)c1ccc2c(c1)OC[C@@H]1CN(CC3CC4(CCN(c5ccc([C@@H]6c7ccc(O)cc7CC[C@@H]6c6ccccc6)cc5)CC4)C3)CCN21)C1CCC(=O)NC1=O. The summed E-state index contributed by atoms with van der Waals surface area (Å²) >= 11 is 0. The van der Waals surface area contributed by atoms with Gasteiger partial charge in [0.1, 0.15) is 24.1 Å². The van der Waals surface area contributed by atoms with Crippen LogP contribution in [0, 0.1) is 11.3 Å². The van der Waals surface area contributed by atoms with Crippen molar-refractivity contribution in [2.45, 2.75) is 75.3 Å². The van der Waals surface area contributed by atoms with Crippen LogP contribution in [0.2, 0.25) is 0 Å². The van der Waals surface area contributed by atoms with Crippen molar-refractivity contribution in [1.82, 2.24) is 15.1 Å². The molecule has 3 amide bonds. The van der Waals surface area contributed by atoms with E-state index in [0.717, 1.165) is 63.7 Å². The Labute approximate surface area is 347 Å². The summed E-state index contributed by atoms with van der Waals surface area (Å²) in [5.74, 6) is 1.53. The van der Waals surface area contributed by atoms with Crippen LogP contribution in [-0.2, 0) is 16.0 Å². The van der Waals surface area contributed by atoms with Gasteiger partial charge in [-0.15, -0.1) is 0 Å². The number of likely N-dealkylation sites (N-methyl/N-ethyl adjacent to an activating group) is 1. The van der Waals surface area contributed by atoms with E-state index in [4.69, 9.17) is 4.74 Å². The van der Waals surface area contributed by atoms with Gasteiger partial charge in [-0.3, -0.25) is 24.6 Å². The van der Waals surface area contributed by atoms with Gasteiger partial charge in [0.15, 0.2) is 0 Å². The number of nitrogens with zero attached hydrogens (tertiary/aromatic N) is 4. The molecule has 0 aromatic heterocycles. The number of phenols is 1. The lowest BCUT2D eigenvalue weighted by Gasteiger charge is -2.54. The maximum Gasteiger partial charge on any atom is 0.254 e. The van der Waals surface area contributed by atoms with Crippen molar-refractivity contribution in [3.8, 4) is 11.5 Å². The molecule has 4 aromatic rings. The normalized spacial score (nSPS) is 25.2. The molecule has 0 radical (unpaired) electrons. The number of benzene rings is 4. The highest BCUT2D eigenvalue weighted by Crippen LogP contribution is 2.53. The summed E-state index contributed by atoms with van der Waals surface area (Å²) in [6.45, 7) is 6.89. The molecule has 4 heterocycles. The summed E-state index contributed by atoms with van der Waals surface area (Å²) in [6, 6.07) is 31.6.